The average Bonchev–Trinajstić information content (AvgIpc) is 3.50. The molecule has 11 nitrogen and oxygen atoms in total. The molecule has 3 aromatic carbocycles. The predicted octanol–water partition coefficient (Wildman–Crippen LogP) is 3.99. The van der Waals surface area contributed by atoms with Crippen LogP contribution < -0.4 is 9.80 Å². The van der Waals surface area contributed by atoms with Crippen LogP contribution in [0.1, 0.15) is 48.9 Å². The van der Waals surface area contributed by atoms with Gasteiger partial charge in [-0.25, -0.2) is 0 Å². The Morgan fingerprint density at radius 2 is 1.66 bits per heavy atom. The van der Waals surface area contributed by atoms with E-state index in [-0.39, 0.29) is 49.8 Å². The molecule has 0 radical (unpaired) electrons. The zero-order valence-electron chi connectivity index (χ0n) is 28.7. The molecule has 4 heterocycles. The molecule has 1 unspecified atom stereocenters. The number of aliphatic hydroxyl groups is 1. The summed E-state index contributed by atoms with van der Waals surface area (Å²) in [7, 11) is -3.01. The number of hydrogen-bond acceptors (Lipinski definition) is 8. The molecule has 0 bridgehead atoms. The fourth-order valence-corrected chi connectivity index (χ4v) is 11.2. The number of ether oxygens (including phenoxy) is 2. The Kier molecular flexibility index (Phi) is 8.70. The molecule has 4 aliphatic rings. The van der Waals surface area contributed by atoms with Gasteiger partial charge in [0.1, 0.15) is 0 Å². The van der Waals surface area contributed by atoms with Crippen LogP contribution in [0.3, 0.4) is 0 Å². The van der Waals surface area contributed by atoms with Crippen LogP contribution in [0.25, 0.3) is 0 Å². The van der Waals surface area contributed by atoms with E-state index in [9.17, 15) is 29.1 Å². The number of para-hydroxylation sites is 1. The van der Waals surface area contributed by atoms with Crippen molar-refractivity contribution < 1.29 is 38.6 Å². The molecule has 7 rings (SSSR count). The highest BCUT2D eigenvalue weighted by molar-refractivity contribution is 6.71. The largest absolute Gasteiger partial charge is 0.441 e. The Morgan fingerprint density at radius 3 is 2.32 bits per heavy atom. The average molecular weight is 698 g/mol. The predicted molar refractivity (Wildman–Crippen MR) is 187 cm³/mol. The van der Waals surface area contributed by atoms with Gasteiger partial charge in [-0.3, -0.25) is 24.1 Å². The molecule has 2 fully saturated rings. The summed E-state index contributed by atoms with van der Waals surface area (Å²) in [6, 6.07) is 22.3. The molecule has 0 saturated carbocycles. The third kappa shape index (κ3) is 5.64. The molecular weight excluding hydrogens is 655 g/mol. The van der Waals surface area contributed by atoms with E-state index < -0.39 is 43.7 Å². The van der Waals surface area contributed by atoms with E-state index in [0.717, 1.165) is 16.7 Å². The van der Waals surface area contributed by atoms with Gasteiger partial charge in [-0.2, -0.15) is 0 Å². The lowest BCUT2D eigenvalue weighted by molar-refractivity contribution is -0.154. The number of carbonyl (C=O) groups excluding carboxylic acids is 4. The van der Waals surface area contributed by atoms with Crippen molar-refractivity contribution in [2.45, 2.75) is 88.8 Å². The number of amides is 3. The normalized spacial score (nSPS) is 27.3. The van der Waals surface area contributed by atoms with E-state index in [0.29, 0.717) is 29.9 Å². The van der Waals surface area contributed by atoms with Gasteiger partial charge in [-0.15, -0.1) is 0 Å². The van der Waals surface area contributed by atoms with E-state index in [1.165, 1.54) is 11.8 Å². The lowest BCUT2D eigenvalue weighted by Crippen LogP contribution is -2.54. The van der Waals surface area contributed by atoms with Crippen LogP contribution in [-0.4, -0.2) is 71.8 Å². The molecule has 6 atom stereocenters. The molecule has 262 valence electrons. The maximum absolute atomic E-state index is 14.8. The van der Waals surface area contributed by atoms with Gasteiger partial charge in [0.2, 0.25) is 11.8 Å². The number of benzene rings is 3. The second kappa shape index (κ2) is 12.8. The first-order chi connectivity index (χ1) is 23.8. The van der Waals surface area contributed by atoms with Crippen molar-refractivity contribution in [1.29, 1.82) is 0 Å². The lowest BCUT2D eigenvalue weighted by atomic mass is 9.82. The molecule has 4 aliphatic heterocycles. The molecule has 2 saturated heterocycles. The number of nitrogens with zero attached hydrogens (tertiary/aromatic N) is 3. The number of β-lactam (4-membered cyclic amide) rings is 1. The zero-order chi connectivity index (χ0) is 35.5. The number of fused-ring (bicyclic) bond motifs is 3. The summed E-state index contributed by atoms with van der Waals surface area (Å²) in [5.41, 5.74) is 3.17. The summed E-state index contributed by atoms with van der Waals surface area (Å²) in [5.74, 6) is -1.46. The van der Waals surface area contributed by atoms with E-state index >= 15 is 0 Å². The van der Waals surface area contributed by atoms with Crippen LogP contribution in [-0.2, 0) is 53.8 Å². The number of rotatable bonds is 8. The lowest BCUT2D eigenvalue weighted by Gasteiger charge is -2.39. The van der Waals surface area contributed by atoms with Crippen molar-refractivity contribution in [2.75, 3.05) is 16.4 Å². The summed E-state index contributed by atoms with van der Waals surface area (Å²) in [4.78, 5) is 69.2. The SMILES string of the molecule is CC(=O)OC1CC(=O)N1c1ccc(CN2C(=O)[C@]3(O[C@H](CC(=O)N4Cc5ccccc5C[C@H]4CO)[C@@H]([Si](C)(C)O)[C@@H]3C)c3ccccc32)cc1. The zero-order valence-corrected chi connectivity index (χ0v) is 29.7. The summed E-state index contributed by atoms with van der Waals surface area (Å²) < 4.78 is 12.1. The maximum atomic E-state index is 14.8. The Hall–Kier alpha value is -4.36. The van der Waals surface area contributed by atoms with Gasteiger partial charge in [0.25, 0.3) is 5.91 Å². The van der Waals surface area contributed by atoms with Crippen LogP contribution in [0.15, 0.2) is 72.8 Å². The van der Waals surface area contributed by atoms with Crippen LogP contribution in [0, 0.1) is 5.92 Å². The van der Waals surface area contributed by atoms with Crippen LogP contribution in [0.2, 0.25) is 18.6 Å². The highest BCUT2D eigenvalue weighted by Gasteiger charge is 2.66. The van der Waals surface area contributed by atoms with Crippen molar-refractivity contribution in [3.05, 3.63) is 95.1 Å². The summed E-state index contributed by atoms with van der Waals surface area (Å²) in [6.45, 7) is 7.37. The van der Waals surface area contributed by atoms with Crippen LogP contribution in [0.5, 0.6) is 0 Å². The maximum Gasteiger partial charge on any atom is 0.304 e. The van der Waals surface area contributed by atoms with E-state index in [1.807, 2.05) is 80.7 Å². The van der Waals surface area contributed by atoms with Gasteiger partial charge >= 0.3 is 5.97 Å². The molecule has 3 aromatic rings. The summed E-state index contributed by atoms with van der Waals surface area (Å²) in [5, 5.41) is 10.3. The first kappa shape index (κ1) is 34.1. The molecule has 3 amide bonds. The van der Waals surface area contributed by atoms with Crippen LogP contribution in [0.4, 0.5) is 11.4 Å². The molecule has 12 heteroatoms. The summed E-state index contributed by atoms with van der Waals surface area (Å²) >= 11 is 0. The number of aliphatic hydroxyl groups excluding tert-OH is 1. The first-order valence-electron chi connectivity index (χ1n) is 17.2. The monoisotopic (exact) mass is 697 g/mol. The van der Waals surface area contributed by atoms with Crippen LogP contribution >= 0.6 is 0 Å². The van der Waals surface area contributed by atoms with Crippen molar-refractivity contribution in [2.24, 2.45) is 5.92 Å². The fraction of sp³-hybridized carbons (Fsp3) is 0.421. The summed E-state index contributed by atoms with van der Waals surface area (Å²) in [6.07, 6.45) is -0.679. The molecule has 1 spiro atoms. The van der Waals surface area contributed by atoms with Gasteiger partial charge in [-0.05, 0) is 54.4 Å². The topological polar surface area (TPSA) is 137 Å². The van der Waals surface area contributed by atoms with E-state index in [1.54, 1.807) is 21.9 Å². The minimum atomic E-state index is -3.01. The molecular formula is C38H43N3O8Si. The van der Waals surface area contributed by atoms with E-state index in [2.05, 4.69) is 0 Å². The van der Waals surface area contributed by atoms with Crippen molar-refractivity contribution in [3.63, 3.8) is 0 Å². The Balaban J connectivity index is 1.16. The Bertz CT molecular complexity index is 1840. The fourth-order valence-electron chi connectivity index (χ4n) is 8.65. The van der Waals surface area contributed by atoms with Gasteiger partial charge < -0.3 is 29.2 Å². The number of hydrogen-bond donors (Lipinski definition) is 2. The Morgan fingerprint density at radius 1 is 0.980 bits per heavy atom. The van der Waals surface area contributed by atoms with Crippen molar-refractivity contribution >= 4 is 43.4 Å². The Labute approximate surface area is 292 Å². The van der Waals surface area contributed by atoms with Gasteiger partial charge in [0.15, 0.2) is 20.1 Å². The number of esters is 1. The van der Waals surface area contributed by atoms with Gasteiger partial charge in [0, 0.05) is 36.2 Å². The number of anilines is 2. The smallest absolute Gasteiger partial charge is 0.304 e. The van der Waals surface area contributed by atoms with Crippen molar-refractivity contribution in [1.82, 2.24) is 4.90 Å². The first-order valence-corrected chi connectivity index (χ1v) is 20.2. The second-order valence-corrected chi connectivity index (χ2v) is 18.5. The molecule has 50 heavy (non-hydrogen) atoms. The molecule has 0 aromatic heterocycles. The molecule has 2 N–H and O–H groups in total. The highest BCUT2D eigenvalue weighted by Crippen LogP contribution is 2.59. The highest BCUT2D eigenvalue weighted by atomic mass is 28.4. The third-order valence-corrected chi connectivity index (χ3v) is 13.4. The molecule has 0 aliphatic carbocycles. The third-order valence-electron chi connectivity index (χ3n) is 10.9. The minimum Gasteiger partial charge on any atom is -0.441 e. The van der Waals surface area contributed by atoms with Gasteiger partial charge in [-0.1, -0.05) is 61.5 Å². The number of carbonyl (C=O) groups is 4. The van der Waals surface area contributed by atoms with E-state index in [4.69, 9.17) is 9.47 Å². The standard InChI is InChI=1S/C38H43N3O8Si/c1-23-36(50(3,4)47)32(18-33(44)39-21-27-10-6-5-9-26(27)17-29(39)22-42)49-38(23)30-11-7-8-12-31(30)40(37(38)46)20-25-13-15-28(16-14-25)41-34(45)19-35(41)48-24(2)43/h5-16,23,29,32,35-36,42,47H,17-22H2,1-4H3/t23-,29-,32+,35?,36-,38+/m0/s1. The van der Waals surface area contributed by atoms with Gasteiger partial charge in [0.05, 0.1) is 43.8 Å². The quantitative estimate of drug-likeness (QED) is 0.205. The minimum absolute atomic E-state index is 0.0210. The second-order valence-electron chi connectivity index (χ2n) is 14.5. The van der Waals surface area contributed by atoms with Crippen molar-refractivity contribution in [3.8, 4) is 0 Å².